The van der Waals surface area contributed by atoms with Gasteiger partial charge in [-0.3, -0.25) is 4.79 Å². The second-order valence-corrected chi connectivity index (χ2v) is 6.61. The van der Waals surface area contributed by atoms with Gasteiger partial charge in [0.05, 0.1) is 5.52 Å². The lowest BCUT2D eigenvalue weighted by atomic mass is 10.2. The maximum Gasteiger partial charge on any atom is 0.222 e. The molecule has 6 nitrogen and oxygen atoms in total. The summed E-state index contributed by atoms with van der Waals surface area (Å²) in [6.45, 7) is 1.88. The highest BCUT2D eigenvalue weighted by Gasteiger charge is 2.12. The van der Waals surface area contributed by atoms with Gasteiger partial charge in [0.15, 0.2) is 10.8 Å². The number of thioether (sulfide) groups is 1. The van der Waals surface area contributed by atoms with Crippen LogP contribution in [0.25, 0.3) is 16.6 Å². The largest absolute Gasteiger partial charge is 0.349 e. The van der Waals surface area contributed by atoms with Gasteiger partial charge in [-0.25, -0.2) is 9.97 Å². The number of aromatic nitrogens is 4. The van der Waals surface area contributed by atoms with E-state index in [1.807, 2.05) is 31.2 Å². The molecule has 120 valence electrons. The van der Waals surface area contributed by atoms with Gasteiger partial charge in [0.25, 0.3) is 0 Å². The first-order valence-electron chi connectivity index (χ1n) is 7.51. The van der Waals surface area contributed by atoms with Crippen LogP contribution < -0.4 is 0 Å². The predicted molar refractivity (Wildman–Crippen MR) is 91.7 cm³/mol. The second kappa shape index (κ2) is 6.54. The van der Waals surface area contributed by atoms with E-state index >= 15 is 0 Å². The van der Waals surface area contributed by atoms with Crippen molar-refractivity contribution in [2.24, 2.45) is 0 Å². The molecule has 23 heavy (non-hydrogen) atoms. The minimum Gasteiger partial charge on any atom is -0.349 e. The molecule has 1 aromatic carbocycles. The van der Waals surface area contributed by atoms with E-state index in [0.29, 0.717) is 6.42 Å². The van der Waals surface area contributed by atoms with Crippen molar-refractivity contribution in [1.29, 1.82) is 0 Å². The van der Waals surface area contributed by atoms with E-state index in [0.717, 1.165) is 39.7 Å². The summed E-state index contributed by atoms with van der Waals surface area (Å²) >= 11 is 1.61. The SMILES string of the molecule is Cc1nc2c3ccccc3nc(SCCCC(=O)N(C)C)n2n1. The van der Waals surface area contributed by atoms with E-state index in [4.69, 9.17) is 4.98 Å². The highest BCUT2D eigenvalue weighted by Crippen LogP contribution is 2.24. The van der Waals surface area contributed by atoms with Crippen LogP contribution in [0.5, 0.6) is 0 Å². The van der Waals surface area contributed by atoms with Gasteiger partial charge >= 0.3 is 0 Å². The van der Waals surface area contributed by atoms with Crippen molar-refractivity contribution in [3.63, 3.8) is 0 Å². The quantitative estimate of drug-likeness (QED) is 0.409. The number of carbonyl (C=O) groups excluding carboxylic acids is 1. The molecule has 0 radical (unpaired) electrons. The van der Waals surface area contributed by atoms with Crippen molar-refractivity contribution in [1.82, 2.24) is 24.5 Å². The Morgan fingerprint density at radius 2 is 2.04 bits per heavy atom. The van der Waals surface area contributed by atoms with Crippen molar-refractivity contribution in [2.45, 2.75) is 24.9 Å². The molecule has 0 bridgehead atoms. The third-order valence-corrected chi connectivity index (χ3v) is 4.54. The Labute approximate surface area is 138 Å². The van der Waals surface area contributed by atoms with E-state index in [-0.39, 0.29) is 5.91 Å². The van der Waals surface area contributed by atoms with Crippen LogP contribution in [0.15, 0.2) is 29.4 Å². The van der Waals surface area contributed by atoms with Crippen molar-refractivity contribution < 1.29 is 4.79 Å². The Morgan fingerprint density at radius 3 is 2.83 bits per heavy atom. The molecule has 0 unspecified atom stereocenters. The van der Waals surface area contributed by atoms with Crippen LogP contribution in [0.1, 0.15) is 18.7 Å². The van der Waals surface area contributed by atoms with E-state index in [1.54, 1.807) is 35.3 Å². The van der Waals surface area contributed by atoms with Gasteiger partial charge in [-0.1, -0.05) is 23.9 Å². The number of nitrogens with zero attached hydrogens (tertiary/aromatic N) is 5. The molecule has 0 saturated carbocycles. The molecule has 0 spiro atoms. The summed E-state index contributed by atoms with van der Waals surface area (Å²) in [6.07, 6.45) is 1.36. The number of fused-ring (bicyclic) bond motifs is 3. The molecule has 0 aliphatic heterocycles. The van der Waals surface area contributed by atoms with Gasteiger partial charge in [-0.15, -0.1) is 5.10 Å². The van der Waals surface area contributed by atoms with Crippen LogP contribution in [-0.4, -0.2) is 50.2 Å². The number of para-hydroxylation sites is 1. The summed E-state index contributed by atoms with van der Waals surface area (Å²) in [4.78, 5) is 22.5. The molecule has 0 atom stereocenters. The molecule has 1 amide bonds. The molecule has 0 aliphatic rings. The summed E-state index contributed by atoms with van der Waals surface area (Å²) in [5.74, 6) is 1.70. The Morgan fingerprint density at radius 1 is 1.26 bits per heavy atom. The Bertz CT molecular complexity index is 858. The number of carbonyl (C=O) groups is 1. The number of hydrogen-bond acceptors (Lipinski definition) is 5. The zero-order chi connectivity index (χ0) is 16.4. The van der Waals surface area contributed by atoms with E-state index < -0.39 is 0 Å². The van der Waals surface area contributed by atoms with Crippen molar-refractivity contribution in [3.05, 3.63) is 30.1 Å². The fourth-order valence-electron chi connectivity index (χ4n) is 2.34. The van der Waals surface area contributed by atoms with Gasteiger partial charge in [0.2, 0.25) is 5.91 Å². The van der Waals surface area contributed by atoms with Crippen molar-refractivity contribution in [2.75, 3.05) is 19.8 Å². The van der Waals surface area contributed by atoms with E-state index in [1.165, 1.54) is 0 Å². The first-order valence-corrected chi connectivity index (χ1v) is 8.50. The van der Waals surface area contributed by atoms with Crippen LogP contribution in [0.4, 0.5) is 0 Å². The highest BCUT2D eigenvalue weighted by molar-refractivity contribution is 7.99. The van der Waals surface area contributed by atoms with Gasteiger partial charge in [0.1, 0.15) is 5.82 Å². The highest BCUT2D eigenvalue weighted by atomic mass is 32.2. The third kappa shape index (κ3) is 3.29. The molecule has 3 aromatic rings. The van der Waals surface area contributed by atoms with Crippen molar-refractivity contribution in [3.8, 4) is 0 Å². The van der Waals surface area contributed by atoms with Crippen molar-refractivity contribution >= 4 is 34.2 Å². The molecule has 2 heterocycles. The molecule has 0 N–H and O–H groups in total. The maximum atomic E-state index is 11.6. The predicted octanol–water partition coefficient (Wildman–Crippen LogP) is 2.55. The Kier molecular flexibility index (Phi) is 4.47. The summed E-state index contributed by atoms with van der Waals surface area (Å²) in [5, 5.41) is 6.27. The fourth-order valence-corrected chi connectivity index (χ4v) is 3.22. The van der Waals surface area contributed by atoms with Crippen LogP contribution in [0.2, 0.25) is 0 Å². The van der Waals surface area contributed by atoms with E-state index in [9.17, 15) is 4.79 Å². The minimum atomic E-state index is 0.152. The van der Waals surface area contributed by atoms with E-state index in [2.05, 4.69) is 10.1 Å². The van der Waals surface area contributed by atoms with Crippen LogP contribution in [0.3, 0.4) is 0 Å². The first-order chi connectivity index (χ1) is 11.1. The average molecular weight is 329 g/mol. The topological polar surface area (TPSA) is 63.4 Å². The van der Waals surface area contributed by atoms with Crippen LogP contribution >= 0.6 is 11.8 Å². The fraction of sp³-hybridized carbons (Fsp3) is 0.375. The van der Waals surface area contributed by atoms with Crippen LogP contribution in [0, 0.1) is 6.92 Å². The van der Waals surface area contributed by atoms with Crippen LogP contribution in [-0.2, 0) is 4.79 Å². The molecule has 3 rings (SSSR count). The first kappa shape index (κ1) is 15.7. The third-order valence-electron chi connectivity index (χ3n) is 3.52. The molecular formula is C16H19N5OS. The summed E-state index contributed by atoms with van der Waals surface area (Å²) in [7, 11) is 3.56. The van der Waals surface area contributed by atoms with Gasteiger partial charge in [-0.05, 0) is 25.5 Å². The molecule has 0 saturated heterocycles. The molecule has 0 aliphatic carbocycles. The number of hydrogen-bond donors (Lipinski definition) is 0. The van der Waals surface area contributed by atoms with Gasteiger partial charge in [-0.2, -0.15) is 4.52 Å². The molecule has 0 fully saturated rings. The lowest BCUT2D eigenvalue weighted by Gasteiger charge is -2.09. The zero-order valence-electron chi connectivity index (χ0n) is 13.5. The van der Waals surface area contributed by atoms with Gasteiger partial charge < -0.3 is 4.90 Å². The summed E-state index contributed by atoms with van der Waals surface area (Å²) in [6, 6.07) is 7.95. The Balaban J connectivity index is 1.83. The normalized spacial score (nSPS) is 11.3. The average Bonchev–Trinajstić information content (AvgIpc) is 2.93. The molecular weight excluding hydrogens is 310 g/mol. The van der Waals surface area contributed by atoms with Gasteiger partial charge in [0, 0.05) is 31.7 Å². The smallest absolute Gasteiger partial charge is 0.222 e. The standard InChI is InChI=1S/C16H19N5OS/c1-11-17-15-12-7-4-5-8-13(12)18-16(21(15)19-11)23-10-6-9-14(22)20(2)3/h4-5,7-8H,6,9-10H2,1-3H3. The summed E-state index contributed by atoms with van der Waals surface area (Å²) in [5.41, 5.74) is 1.75. The molecule has 7 heteroatoms. The number of rotatable bonds is 5. The molecule has 2 aromatic heterocycles. The number of aryl methyl sites for hydroxylation is 1. The minimum absolute atomic E-state index is 0.152. The number of benzene rings is 1. The number of amides is 1. The zero-order valence-corrected chi connectivity index (χ0v) is 14.3. The lowest BCUT2D eigenvalue weighted by Crippen LogP contribution is -2.21. The monoisotopic (exact) mass is 329 g/mol. The maximum absolute atomic E-state index is 11.6. The Hall–Kier alpha value is -2.15. The second-order valence-electron chi connectivity index (χ2n) is 5.55. The summed E-state index contributed by atoms with van der Waals surface area (Å²) < 4.78 is 1.80. The lowest BCUT2D eigenvalue weighted by molar-refractivity contribution is -0.128.